The van der Waals surface area contributed by atoms with Crippen molar-refractivity contribution in [3.05, 3.63) is 66.5 Å². The van der Waals surface area contributed by atoms with Gasteiger partial charge < -0.3 is 10.1 Å². The van der Waals surface area contributed by atoms with Gasteiger partial charge in [0.25, 0.3) is 0 Å². The number of para-hydroxylation sites is 1. The van der Waals surface area contributed by atoms with Crippen LogP contribution in [0.5, 0.6) is 5.75 Å². The number of hydrogen-bond donors (Lipinski definition) is 1. The number of ether oxygens (including phenoxy) is 1. The summed E-state index contributed by atoms with van der Waals surface area (Å²) >= 11 is 0. The summed E-state index contributed by atoms with van der Waals surface area (Å²) in [5.41, 5.74) is 0.267. The second-order valence-corrected chi connectivity index (χ2v) is 5.08. The average Bonchev–Trinajstić information content (AvgIpc) is 3.06. The highest BCUT2D eigenvalue weighted by Crippen LogP contribution is 2.18. The zero-order valence-electron chi connectivity index (χ0n) is 13.3. The second kappa shape index (κ2) is 7.75. The normalized spacial score (nSPS) is 10.0. The maximum Gasteiger partial charge on any atom is 0.228 e. The number of aromatic nitrogens is 3. The van der Waals surface area contributed by atoms with Crippen LogP contribution in [0.4, 0.5) is 5.82 Å². The van der Waals surface area contributed by atoms with Crippen LogP contribution in [-0.2, 0) is 4.79 Å². The van der Waals surface area contributed by atoms with Crippen LogP contribution in [0.25, 0.3) is 5.82 Å². The van der Waals surface area contributed by atoms with E-state index in [1.165, 1.54) is 10.9 Å². The van der Waals surface area contributed by atoms with Crippen LogP contribution in [0, 0.1) is 11.3 Å². The molecule has 3 rings (SSSR count). The van der Waals surface area contributed by atoms with Gasteiger partial charge >= 0.3 is 0 Å². The first-order valence-corrected chi connectivity index (χ1v) is 7.65. The van der Waals surface area contributed by atoms with Gasteiger partial charge in [-0.1, -0.05) is 24.3 Å². The predicted octanol–water partition coefficient (Wildman–Crippen LogP) is 2.55. The molecule has 0 fully saturated rings. The number of hydrogen-bond acceptors (Lipinski definition) is 5. The fourth-order valence-electron chi connectivity index (χ4n) is 2.18. The first-order chi connectivity index (χ1) is 12.3. The predicted molar refractivity (Wildman–Crippen MR) is 91.3 cm³/mol. The molecule has 2 heterocycles. The van der Waals surface area contributed by atoms with Crippen molar-refractivity contribution in [1.29, 1.82) is 5.26 Å². The SMILES string of the molecule is N#Cc1cnn(-c2ccccn2)c1NC(=O)CCOc1ccccc1. The first kappa shape index (κ1) is 16.2. The van der Waals surface area contributed by atoms with Crippen LogP contribution >= 0.6 is 0 Å². The maximum atomic E-state index is 12.2. The van der Waals surface area contributed by atoms with E-state index >= 15 is 0 Å². The highest BCUT2D eigenvalue weighted by atomic mass is 16.5. The minimum atomic E-state index is -0.273. The van der Waals surface area contributed by atoms with Crippen molar-refractivity contribution in [2.45, 2.75) is 6.42 Å². The molecule has 25 heavy (non-hydrogen) atoms. The minimum Gasteiger partial charge on any atom is -0.493 e. The van der Waals surface area contributed by atoms with E-state index in [2.05, 4.69) is 15.4 Å². The van der Waals surface area contributed by atoms with Crippen molar-refractivity contribution >= 4 is 11.7 Å². The molecule has 1 N–H and O–H groups in total. The molecule has 0 aliphatic carbocycles. The lowest BCUT2D eigenvalue weighted by atomic mass is 10.3. The number of rotatable bonds is 6. The van der Waals surface area contributed by atoms with Gasteiger partial charge in [0.15, 0.2) is 11.6 Å². The highest BCUT2D eigenvalue weighted by Gasteiger charge is 2.15. The third-order valence-corrected chi connectivity index (χ3v) is 3.35. The van der Waals surface area contributed by atoms with Crippen molar-refractivity contribution < 1.29 is 9.53 Å². The van der Waals surface area contributed by atoms with Gasteiger partial charge in [0, 0.05) is 6.20 Å². The molecule has 0 aliphatic rings. The first-order valence-electron chi connectivity index (χ1n) is 7.65. The standard InChI is InChI=1S/C18H15N5O2/c19-12-14-13-21-23(16-8-4-5-10-20-16)18(14)22-17(24)9-11-25-15-6-2-1-3-7-15/h1-8,10,13H,9,11H2,(H,22,24). The van der Waals surface area contributed by atoms with Gasteiger partial charge in [-0.15, -0.1) is 0 Å². The third kappa shape index (κ3) is 4.00. The molecule has 0 saturated carbocycles. The van der Waals surface area contributed by atoms with E-state index < -0.39 is 0 Å². The van der Waals surface area contributed by atoms with Gasteiger partial charge in [-0.25, -0.2) is 4.98 Å². The Morgan fingerprint density at radius 3 is 2.72 bits per heavy atom. The molecular formula is C18H15N5O2. The Kier molecular flexibility index (Phi) is 5.02. The molecule has 3 aromatic rings. The zero-order chi connectivity index (χ0) is 17.5. The second-order valence-electron chi connectivity index (χ2n) is 5.08. The summed E-state index contributed by atoms with van der Waals surface area (Å²) in [5.74, 6) is 1.24. The average molecular weight is 333 g/mol. The van der Waals surface area contributed by atoms with Crippen molar-refractivity contribution in [2.75, 3.05) is 11.9 Å². The number of benzene rings is 1. The number of anilines is 1. The van der Waals surface area contributed by atoms with Crippen LogP contribution in [0.2, 0.25) is 0 Å². The van der Waals surface area contributed by atoms with Gasteiger partial charge in [-0.05, 0) is 24.3 Å². The molecule has 2 aromatic heterocycles. The third-order valence-electron chi connectivity index (χ3n) is 3.35. The fraction of sp³-hybridized carbons (Fsp3) is 0.111. The maximum absolute atomic E-state index is 12.2. The number of pyridine rings is 1. The Balaban J connectivity index is 1.67. The summed E-state index contributed by atoms with van der Waals surface area (Å²) in [7, 11) is 0. The summed E-state index contributed by atoms with van der Waals surface area (Å²) in [5, 5.41) is 16.1. The molecule has 0 bridgehead atoms. The number of nitrogens with zero attached hydrogens (tertiary/aromatic N) is 4. The van der Waals surface area contributed by atoms with E-state index in [1.807, 2.05) is 36.4 Å². The van der Waals surface area contributed by atoms with E-state index in [0.29, 0.717) is 17.4 Å². The number of carbonyl (C=O) groups excluding carboxylic acids is 1. The number of amides is 1. The van der Waals surface area contributed by atoms with E-state index in [0.717, 1.165) is 0 Å². The van der Waals surface area contributed by atoms with Gasteiger partial charge in [-0.2, -0.15) is 15.0 Å². The highest BCUT2D eigenvalue weighted by molar-refractivity contribution is 5.91. The van der Waals surface area contributed by atoms with Gasteiger partial charge in [0.2, 0.25) is 5.91 Å². The molecule has 0 spiro atoms. The number of nitriles is 1. The van der Waals surface area contributed by atoms with E-state index in [9.17, 15) is 10.1 Å². The summed E-state index contributed by atoms with van der Waals surface area (Å²) in [6, 6.07) is 16.6. The summed E-state index contributed by atoms with van der Waals surface area (Å²) in [4.78, 5) is 16.4. The topological polar surface area (TPSA) is 92.8 Å². The summed E-state index contributed by atoms with van der Waals surface area (Å²) in [6.45, 7) is 0.232. The Hall–Kier alpha value is -3.66. The molecular weight excluding hydrogens is 318 g/mol. The minimum absolute atomic E-state index is 0.146. The van der Waals surface area contributed by atoms with Gasteiger partial charge in [-0.3, -0.25) is 4.79 Å². The monoisotopic (exact) mass is 333 g/mol. The lowest BCUT2D eigenvalue weighted by Gasteiger charge is -2.09. The van der Waals surface area contributed by atoms with Gasteiger partial charge in [0.05, 0.1) is 19.2 Å². The molecule has 124 valence electrons. The molecule has 1 aromatic carbocycles. The van der Waals surface area contributed by atoms with E-state index in [4.69, 9.17) is 4.74 Å². The quantitative estimate of drug-likeness (QED) is 0.748. The lowest BCUT2D eigenvalue weighted by molar-refractivity contribution is -0.116. The van der Waals surface area contributed by atoms with Crippen molar-refractivity contribution in [2.24, 2.45) is 0 Å². The molecule has 0 aliphatic heterocycles. The molecule has 0 radical (unpaired) electrons. The lowest BCUT2D eigenvalue weighted by Crippen LogP contribution is -2.18. The van der Waals surface area contributed by atoms with E-state index in [1.54, 1.807) is 24.4 Å². The van der Waals surface area contributed by atoms with Crippen LogP contribution in [0.1, 0.15) is 12.0 Å². The molecule has 0 unspecified atom stereocenters. The molecule has 0 saturated heterocycles. The van der Waals surface area contributed by atoms with Gasteiger partial charge in [0.1, 0.15) is 17.4 Å². The summed E-state index contributed by atoms with van der Waals surface area (Å²) < 4.78 is 6.93. The molecule has 1 amide bonds. The largest absolute Gasteiger partial charge is 0.493 e. The van der Waals surface area contributed by atoms with Crippen LogP contribution < -0.4 is 10.1 Å². The zero-order valence-corrected chi connectivity index (χ0v) is 13.3. The van der Waals surface area contributed by atoms with Crippen molar-refractivity contribution in [3.63, 3.8) is 0 Å². The molecule has 7 heteroatoms. The van der Waals surface area contributed by atoms with Crippen molar-refractivity contribution in [3.8, 4) is 17.6 Å². The Bertz CT molecular complexity index is 885. The Labute approximate surface area is 144 Å². The number of carbonyl (C=O) groups is 1. The van der Waals surface area contributed by atoms with Crippen LogP contribution in [-0.4, -0.2) is 27.3 Å². The molecule has 7 nitrogen and oxygen atoms in total. The van der Waals surface area contributed by atoms with Crippen molar-refractivity contribution in [1.82, 2.24) is 14.8 Å². The number of nitrogens with one attached hydrogen (secondary N) is 1. The van der Waals surface area contributed by atoms with Crippen LogP contribution in [0.3, 0.4) is 0 Å². The Morgan fingerprint density at radius 2 is 2.00 bits per heavy atom. The molecule has 0 atom stereocenters. The van der Waals surface area contributed by atoms with Crippen LogP contribution in [0.15, 0.2) is 60.9 Å². The van der Waals surface area contributed by atoms with E-state index in [-0.39, 0.29) is 24.5 Å². The smallest absolute Gasteiger partial charge is 0.228 e. The fourth-order valence-corrected chi connectivity index (χ4v) is 2.18. The Morgan fingerprint density at radius 1 is 1.20 bits per heavy atom. The summed E-state index contributed by atoms with van der Waals surface area (Å²) in [6.07, 6.45) is 3.15.